The molecule has 22 heavy (non-hydrogen) atoms. The fourth-order valence-electron chi connectivity index (χ4n) is 1.80. The quantitative estimate of drug-likeness (QED) is 0.567. The number of ether oxygens (including phenoxy) is 2. The third-order valence-electron chi connectivity index (χ3n) is 2.88. The molecule has 0 aromatic heterocycles. The molecule has 2 rings (SSSR count). The third-order valence-corrected chi connectivity index (χ3v) is 3.41. The Labute approximate surface area is 136 Å². The molecule has 0 heterocycles. The Bertz CT molecular complexity index is 683. The molecule has 0 amide bonds. The van der Waals surface area contributed by atoms with Crippen molar-refractivity contribution in [1.29, 1.82) is 0 Å². The predicted molar refractivity (Wildman–Crippen MR) is 87.5 cm³/mol. The lowest BCUT2D eigenvalue weighted by Crippen LogP contribution is -1.98. The van der Waals surface area contributed by atoms with Gasteiger partial charge in [0.2, 0.25) is 6.20 Å². The highest BCUT2D eigenvalue weighted by Crippen LogP contribution is 2.29. The number of nitro groups is 1. The predicted octanol–water partition coefficient (Wildman–Crippen LogP) is 4.28. The van der Waals surface area contributed by atoms with Gasteiger partial charge in [0.15, 0.2) is 11.5 Å². The van der Waals surface area contributed by atoms with Crippen LogP contribution in [0, 0.1) is 10.1 Å². The monoisotopic (exact) mass is 363 g/mol. The summed E-state index contributed by atoms with van der Waals surface area (Å²) in [5.74, 6) is 1.12. The maximum atomic E-state index is 10.3. The number of benzene rings is 2. The van der Waals surface area contributed by atoms with E-state index in [1.165, 1.54) is 13.2 Å². The van der Waals surface area contributed by atoms with Crippen LogP contribution in [-0.4, -0.2) is 12.0 Å². The Morgan fingerprint density at radius 3 is 2.55 bits per heavy atom. The first-order valence-electron chi connectivity index (χ1n) is 6.45. The van der Waals surface area contributed by atoms with E-state index in [0.717, 1.165) is 16.2 Å². The molecule has 0 aliphatic heterocycles. The van der Waals surface area contributed by atoms with E-state index in [9.17, 15) is 10.1 Å². The normalized spacial score (nSPS) is 10.6. The van der Waals surface area contributed by atoms with Gasteiger partial charge in [-0.15, -0.1) is 0 Å². The summed E-state index contributed by atoms with van der Waals surface area (Å²) in [6.07, 6.45) is 2.29. The molecule has 0 fully saturated rings. The van der Waals surface area contributed by atoms with Crippen LogP contribution < -0.4 is 9.47 Å². The maximum absolute atomic E-state index is 10.3. The number of hydrogen-bond acceptors (Lipinski definition) is 4. The standard InChI is InChI=1S/C16H14BrNO4/c1-21-16-10-12(8-9-18(19)20)4-7-15(16)22-11-13-2-5-14(17)6-3-13/h2-10H,11H2,1H3. The highest BCUT2D eigenvalue weighted by Gasteiger charge is 2.06. The topological polar surface area (TPSA) is 61.6 Å². The second-order valence-electron chi connectivity index (χ2n) is 4.43. The van der Waals surface area contributed by atoms with E-state index < -0.39 is 4.92 Å². The summed E-state index contributed by atoms with van der Waals surface area (Å²) in [5.41, 5.74) is 1.70. The van der Waals surface area contributed by atoms with E-state index in [4.69, 9.17) is 9.47 Å². The molecule has 0 saturated carbocycles. The van der Waals surface area contributed by atoms with Gasteiger partial charge in [0.1, 0.15) is 6.61 Å². The third kappa shape index (κ3) is 4.60. The highest BCUT2D eigenvalue weighted by molar-refractivity contribution is 9.10. The van der Waals surface area contributed by atoms with Gasteiger partial charge in [-0.2, -0.15) is 0 Å². The van der Waals surface area contributed by atoms with E-state index >= 15 is 0 Å². The highest BCUT2D eigenvalue weighted by atomic mass is 79.9. The number of hydrogen-bond donors (Lipinski definition) is 0. The SMILES string of the molecule is COc1cc(C=C[N+](=O)[O-])ccc1OCc1ccc(Br)cc1. The van der Waals surface area contributed by atoms with Crippen molar-refractivity contribution in [2.24, 2.45) is 0 Å². The molecule has 2 aromatic carbocycles. The van der Waals surface area contributed by atoms with Crippen LogP contribution in [0.3, 0.4) is 0 Å². The zero-order valence-electron chi connectivity index (χ0n) is 11.9. The van der Waals surface area contributed by atoms with Crippen LogP contribution in [0.5, 0.6) is 11.5 Å². The minimum atomic E-state index is -0.510. The van der Waals surface area contributed by atoms with Gasteiger partial charge in [0.25, 0.3) is 0 Å². The molecule has 5 nitrogen and oxygen atoms in total. The van der Waals surface area contributed by atoms with Crippen molar-refractivity contribution in [3.63, 3.8) is 0 Å². The zero-order chi connectivity index (χ0) is 15.9. The van der Waals surface area contributed by atoms with E-state index in [0.29, 0.717) is 23.7 Å². The van der Waals surface area contributed by atoms with Crippen molar-refractivity contribution >= 4 is 22.0 Å². The summed E-state index contributed by atoms with van der Waals surface area (Å²) in [7, 11) is 1.53. The number of nitrogens with zero attached hydrogens (tertiary/aromatic N) is 1. The summed E-state index contributed by atoms with van der Waals surface area (Å²) < 4.78 is 12.0. The summed E-state index contributed by atoms with van der Waals surface area (Å²) in [6.45, 7) is 0.410. The molecule has 2 aromatic rings. The minimum absolute atomic E-state index is 0.410. The van der Waals surface area contributed by atoms with Crippen molar-refractivity contribution in [2.45, 2.75) is 6.61 Å². The molecular weight excluding hydrogens is 350 g/mol. The van der Waals surface area contributed by atoms with Crippen LogP contribution >= 0.6 is 15.9 Å². The van der Waals surface area contributed by atoms with Crippen LogP contribution in [0.4, 0.5) is 0 Å². The van der Waals surface area contributed by atoms with Gasteiger partial charge < -0.3 is 9.47 Å². The lowest BCUT2D eigenvalue weighted by atomic mass is 10.2. The molecular formula is C16H14BrNO4. The first-order chi connectivity index (χ1) is 10.6. The average molecular weight is 364 g/mol. The van der Waals surface area contributed by atoms with Gasteiger partial charge in [-0.25, -0.2) is 0 Å². The van der Waals surface area contributed by atoms with E-state index in [1.807, 2.05) is 24.3 Å². The number of halogens is 1. The summed E-state index contributed by atoms with van der Waals surface area (Å²) in [5, 5.41) is 10.3. The molecule has 0 atom stereocenters. The Hall–Kier alpha value is -2.34. The molecule has 0 spiro atoms. The van der Waals surface area contributed by atoms with E-state index in [-0.39, 0.29) is 0 Å². The summed E-state index contributed by atoms with van der Waals surface area (Å²) in [4.78, 5) is 9.83. The van der Waals surface area contributed by atoms with Gasteiger partial charge in [0.05, 0.1) is 12.0 Å². The van der Waals surface area contributed by atoms with Crippen molar-refractivity contribution in [2.75, 3.05) is 7.11 Å². The Balaban J connectivity index is 2.10. The second kappa shape index (κ2) is 7.61. The minimum Gasteiger partial charge on any atom is -0.493 e. The van der Waals surface area contributed by atoms with Crippen LogP contribution in [0.2, 0.25) is 0 Å². The molecule has 0 bridgehead atoms. The molecule has 0 aliphatic rings. The van der Waals surface area contributed by atoms with Crippen molar-refractivity contribution < 1.29 is 14.4 Å². The largest absolute Gasteiger partial charge is 0.493 e. The van der Waals surface area contributed by atoms with E-state index in [1.54, 1.807) is 18.2 Å². The molecule has 0 unspecified atom stereocenters. The van der Waals surface area contributed by atoms with Gasteiger partial charge in [-0.1, -0.05) is 34.1 Å². The lowest BCUT2D eigenvalue weighted by Gasteiger charge is -2.11. The first kappa shape index (κ1) is 16.0. The van der Waals surface area contributed by atoms with Gasteiger partial charge >= 0.3 is 0 Å². The molecule has 0 N–H and O–H groups in total. The number of rotatable bonds is 6. The maximum Gasteiger partial charge on any atom is 0.235 e. The Morgan fingerprint density at radius 2 is 1.91 bits per heavy atom. The van der Waals surface area contributed by atoms with Crippen LogP contribution in [-0.2, 0) is 6.61 Å². The smallest absolute Gasteiger partial charge is 0.235 e. The molecule has 6 heteroatoms. The van der Waals surface area contributed by atoms with Crippen molar-refractivity contribution in [3.8, 4) is 11.5 Å². The van der Waals surface area contributed by atoms with Crippen molar-refractivity contribution in [3.05, 3.63) is 74.4 Å². The first-order valence-corrected chi connectivity index (χ1v) is 7.25. The zero-order valence-corrected chi connectivity index (χ0v) is 13.4. The summed E-state index contributed by atoms with van der Waals surface area (Å²) >= 11 is 3.38. The van der Waals surface area contributed by atoms with Crippen LogP contribution in [0.15, 0.2) is 53.1 Å². The Kier molecular flexibility index (Phi) is 5.55. The van der Waals surface area contributed by atoms with Crippen LogP contribution in [0.25, 0.3) is 6.08 Å². The fourth-order valence-corrected chi connectivity index (χ4v) is 2.06. The Morgan fingerprint density at radius 1 is 1.18 bits per heavy atom. The van der Waals surface area contributed by atoms with E-state index in [2.05, 4.69) is 15.9 Å². The number of methoxy groups -OCH3 is 1. The fraction of sp³-hybridized carbons (Fsp3) is 0.125. The average Bonchev–Trinajstić information content (AvgIpc) is 2.52. The van der Waals surface area contributed by atoms with Crippen molar-refractivity contribution in [1.82, 2.24) is 0 Å². The molecule has 0 radical (unpaired) electrons. The van der Waals surface area contributed by atoms with Crippen LogP contribution in [0.1, 0.15) is 11.1 Å². The summed E-state index contributed by atoms with van der Waals surface area (Å²) in [6, 6.07) is 13.0. The second-order valence-corrected chi connectivity index (χ2v) is 5.34. The lowest BCUT2D eigenvalue weighted by molar-refractivity contribution is -0.400. The molecule has 0 saturated heterocycles. The molecule has 114 valence electrons. The van der Waals surface area contributed by atoms with Gasteiger partial charge in [-0.05, 0) is 35.4 Å². The molecule has 0 aliphatic carbocycles. The van der Waals surface area contributed by atoms with Gasteiger partial charge in [0, 0.05) is 10.5 Å². The van der Waals surface area contributed by atoms with Gasteiger partial charge in [-0.3, -0.25) is 10.1 Å².